The fourth-order valence-electron chi connectivity index (χ4n) is 2.22. The normalized spacial score (nSPS) is 26.4. The molecule has 0 aromatic carbocycles. The lowest BCUT2D eigenvalue weighted by molar-refractivity contribution is -0.132. The molecule has 0 aromatic heterocycles. The molecule has 2 aliphatic heterocycles. The van der Waals surface area contributed by atoms with Gasteiger partial charge in [-0.15, -0.1) is 0 Å². The molecule has 4 nitrogen and oxygen atoms in total. The molecule has 1 fully saturated rings. The van der Waals surface area contributed by atoms with E-state index >= 15 is 0 Å². The lowest BCUT2D eigenvalue weighted by Gasteiger charge is -2.29. The Morgan fingerprint density at radius 1 is 1.69 bits per heavy atom. The minimum Gasteiger partial charge on any atom is -0.378 e. The Bertz CT molecular complexity index is 283. The molecule has 4 heteroatoms. The predicted molar refractivity (Wildman–Crippen MR) is 62.2 cm³/mol. The van der Waals surface area contributed by atoms with E-state index in [9.17, 15) is 4.79 Å². The third kappa shape index (κ3) is 3.06. The lowest BCUT2D eigenvalue weighted by atomic mass is 10.1. The summed E-state index contributed by atoms with van der Waals surface area (Å²) in [4.78, 5) is 14.0. The van der Waals surface area contributed by atoms with Crippen LogP contribution in [0.15, 0.2) is 11.6 Å². The van der Waals surface area contributed by atoms with Crippen molar-refractivity contribution in [2.24, 2.45) is 0 Å². The third-order valence-corrected chi connectivity index (χ3v) is 3.10. The van der Waals surface area contributed by atoms with Gasteiger partial charge in [-0.2, -0.15) is 0 Å². The number of hydrogen-bond donors (Lipinski definition) is 1. The van der Waals surface area contributed by atoms with Crippen molar-refractivity contribution in [1.29, 1.82) is 0 Å². The molecule has 0 spiro atoms. The number of morpholine rings is 1. The van der Waals surface area contributed by atoms with Gasteiger partial charge in [0.25, 0.3) is 0 Å². The number of ether oxygens (including phenoxy) is 1. The zero-order valence-corrected chi connectivity index (χ0v) is 9.87. The maximum atomic E-state index is 12.0. The molecule has 2 aliphatic rings. The van der Waals surface area contributed by atoms with Crippen molar-refractivity contribution in [3.05, 3.63) is 11.6 Å². The molecule has 0 saturated carbocycles. The number of carbonyl (C=O) groups excluding carboxylic acids is 1. The van der Waals surface area contributed by atoms with E-state index in [0.29, 0.717) is 13.0 Å². The number of nitrogens with one attached hydrogen (secondary N) is 1. The Balaban J connectivity index is 1.80. The van der Waals surface area contributed by atoms with E-state index in [-0.39, 0.29) is 11.9 Å². The van der Waals surface area contributed by atoms with Crippen LogP contribution in [0.2, 0.25) is 0 Å². The minimum atomic E-state index is 0.201. The highest BCUT2D eigenvalue weighted by molar-refractivity contribution is 5.77. The molecule has 2 rings (SSSR count). The first kappa shape index (κ1) is 11.6. The molecule has 0 radical (unpaired) electrons. The Morgan fingerprint density at radius 3 is 3.25 bits per heavy atom. The number of hydrogen-bond acceptors (Lipinski definition) is 3. The zero-order chi connectivity index (χ0) is 11.4. The first-order valence-electron chi connectivity index (χ1n) is 6.00. The molecular weight excluding hydrogens is 204 g/mol. The summed E-state index contributed by atoms with van der Waals surface area (Å²) in [5.41, 5.74) is 1.30. The smallest absolute Gasteiger partial charge is 0.224 e. The van der Waals surface area contributed by atoms with E-state index < -0.39 is 0 Å². The number of carbonyl (C=O) groups is 1. The molecule has 16 heavy (non-hydrogen) atoms. The molecule has 0 bridgehead atoms. The lowest BCUT2D eigenvalue weighted by Crippen LogP contribution is -2.46. The van der Waals surface area contributed by atoms with Crippen molar-refractivity contribution in [3.63, 3.8) is 0 Å². The Hall–Kier alpha value is -0.870. The van der Waals surface area contributed by atoms with Gasteiger partial charge in [-0.05, 0) is 13.3 Å². The van der Waals surface area contributed by atoms with Crippen LogP contribution in [0.5, 0.6) is 0 Å². The van der Waals surface area contributed by atoms with E-state index in [4.69, 9.17) is 4.74 Å². The van der Waals surface area contributed by atoms with Crippen LogP contribution in [0.4, 0.5) is 0 Å². The van der Waals surface area contributed by atoms with E-state index in [0.717, 1.165) is 32.7 Å². The van der Waals surface area contributed by atoms with Crippen molar-refractivity contribution in [2.45, 2.75) is 25.8 Å². The first-order chi connectivity index (χ1) is 7.75. The summed E-state index contributed by atoms with van der Waals surface area (Å²) in [5.74, 6) is 0.246. The molecule has 1 unspecified atom stereocenters. The van der Waals surface area contributed by atoms with Crippen LogP contribution in [0.1, 0.15) is 19.8 Å². The van der Waals surface area contributed by atoms with E-state index in [1.807, 2.05) is 4.90 Å². The summed E-state index contributed by atoms with van der Waals surface area (Å²) in [6.45, 7) is 6.03. The van der Waals surface area contributed by atoms with Gasteiger partial charge in [0.15, 0.2) is 0 Å². The van der Waals surface area contributed by atoms with Gasteiger partial charge in [-0.25, -0.2) is 0 Å². The average molecular weight is 224 g/mol. The van der Waals surface area contributed by atoms with Gasteiger partial charge in [0.1, 0.15) is 0 Å². The number of rotatable bonds is 2. The number of amides is 1. The van der Waals surface area contributed by atoms with Crippen LogP contribution in [-0.4, -0.2) is 49.7 Å². The molecule has 1 amide bonds. The average Bonchev–Trinajstić information content (AvgIpc) is 2.30. The van der Waals surface area contributed by atoms with Crippen LogP contribution < -0.4 is 5.32 Å². The van der Waals surface area contributed by atoms with Gasteiger partial charge >= 0.3 is 0 Å². The molecule has 1 N–H and O–H groups in total. The third-order valence-electron chi connectivity index (χ3n) is 3.10. The molecule has 0 aliphatic carbocycles. The summed E-state index contributed by atoms with van der Waals surface area (Å²) >= 11 is 0. The van der Waals surface area contributed by atoms with Crippen LogP contribution in [0.3, 0.4) is 0 Å². The fourth-order valence-corrected chi connectivity index (χ4v) is 2.22. The molecular formula is C12H20N2O2. The second kappa shape index (κ2) is 5.46. The highest BCUT2D eigenvalue weighted by atomic mass is 16.5. The van der Waals surface area contributed by atoms with Crippen molar-refractivity contribution < 1.29 is 9.53 Å². The van der Waals surface area contributed by atoms with Crippen molar-refractivity contribution >= 4 is 5.91 Å². The van der Waals surface area contributed by atoms with Crippen molar-refractivity contribution in [3.8, 4) is 0 Å². The van der Waals surface area contributed by atoms with Gasteiger partial charge in [-0.1, -0.05) is 11.6 Å². The molecule has 1 saturated heterocycles. The van der Waals surface area contributed by atoms with Gasteiger partial charge in [0.05, 0.1) is 13.2 Å². The highest BCUT2D eigenvalue weighted by Gasteiger charge is 2.22. The van der Waals surface area contributed by atoms with E-state index in [1.165, 1.54) is 5.57 Å². The minimum absolute atomic E-state index is 0.201. The standard InChI is InChI=1S/C12H20N2O2/c1-10-3-2-5-14(8-10)12(15)7-11-9-16-6-4-13-11/h3,11,13H,2,4-9H2,1H3. The highest BCUT2D eigenvalue weighted by Crippen LogP contribution is 2.11. The predicted octanol–water partition coefficient (Wildman–Crippen LogP) is 0.544. The van der Waals surface area contributed by atoms with Crippen molar-refractivity contribution in [1.82, 2.24) is 10.2 Å². The molecule has 2 heterocycles. The quantitative estimate of drug-likeness (QED) is 0.696. The summed E-state index contributed by atoms with van der Waals surface area (Å²) < 4.78 is 5.35. The zero-order valence-electron chi connectivity index (χ0n) is 9.87. The Labute approximate surface area is 96.6 Å². The van der Waals surface area contributed by atoms with Crippen LogP contribution in [0, 0.1) is 0 Å². The summed E-state index contributed by atoms with van der Waals surface area (Å²) in [6.07, 6.45) is 3.77. The van der Waals surface area contributed by atoms with E-state index in [2.05, 4.69) is 18.3 Å². The van der Waals surface area contributed by atoms with E-state index in [1.54, 1.807) is 0 Å². The van der Waals surface area contributed by atoms with Gasteiger partial charge in [0.2, 0.25) is 5.91 Å². The molecule has 0 aromatic rings. The maximum absolute atomic E-state index is 12.0. The Kier molecular flexibility index (Phi) is 3.96. The van der Waals surface area contributed by atoms with Crippen LogP contribution in [0.25, 0.3) is 0 Å². The first-order valence-corrected chi connectivity index (χ1v) is 6.00. The van der Waals surface area contributed by atoms with Crippen LogP contribution >= 0.6 is 0 Å². The topological polar surface area (TPSA) is 41.6 Å². The molecule has 1 atom stereocenters. The van der Waals surface area contributed by atoms with Crippen LogP contribution in [-0.2, 0) is 9.53 Å². The van der Waals surface area contributed by atoms with Gasteiger partial charge < -0.3 is 15.0 Å². The fraction of sp³-hybridized carbons (Fsp3) is 0.750. The second-order valence-electron chi connectivity index (χ2n) is 4.58. The maximum Gasteiger partial charge on any atom is 0.224 e. The summed E-state index contributed by atoms with van der Waals surface area (Å²) in [6, 6.07) is 0.201. The SMILES string of the molecule is CC1=CCCN(C(=O)CC2COCCN2)C1. The Morgan fingerprint density at radius 2 is 2.56 bits per heavy atom. The summed E-state index contributed by atoms with van der Waals surface area (Å²) in [7, 11) is 0. The number of nitrogens with zero attached hydrogens (tertiary/aromatic N) is 1. The summed E-state index contributed by atoms with van der Waals surface area (Å²) in [5, 5.41) is 3.31. The van der Waals surface area contributed by atoms with Gasteiger partial charge in [-0.3, -0.25) is 4.79 Å². The van der Waals surface area contributed by atoms with Crippen molar-refractivity contribution in [2.75, 3.05) is 32.8 Å². The largest absolute Gasteiger partial charge is 0.378 e. The monoisotopic (exact) mass is 224 g/mol. The second-order valence-corrected chi connectivity index (χ2v) is 4.58. The molecule has 90 valence electrons. The van der Waals surface area contributed by atoms with Gasteiger partial charge in [0, 0.05) is 32.1 Å².